The third-order valence-corrected chi connectivity index (χ3v) is 3.26. The van der Waals surface area contributed by atoms with Gasteiger partial charge in [-0.2, -0.15) is 0 Å². The highest BCUT2D eigenvalue weighted by molar-refractivity contribution is 5.82. The minimum absolute atomic E-state index is 0.0326. The Labute approximate surface area is 146 Å². The molecule has 0 saturated heterocycles. The third kappa shape index (κ3) is 5.68. The molecule has 3 N–H and O–H groups in total. The Bertz CT molecular complexity index is 722. The first-order valence-electron chi connectivity index (χ1n) is 7.96. The van der Waals surface area contributed by atoms with E-state index in [2.05, 4.69) is 10.3 Å². The molecule has 0 saturated carbocycles. The second kappa shape index (κ2) is 9.53. The van der Waals surface area contributed by atoms with Crippen LogP contribution in [0.4, 0.5) is 21.5 Å². The van der Waals surface area contributed by atoms with Gasteiger partial charge in [-0.3, -0.25) is 15.1 Å². The molecule has 0 aliphatic carbocycles. The summed E-state index contributed by atoms with van der Waals surface area (Å²) in [7, 11) is 3.88. The molecule has 0 spiro atoms. The molecule has 0 bridgehead atoms. The van der Waals surface area contributed by atoms with Crippen LogP contribution in [0.2, 0.25) is 0 Å². The molecule has 0 fully saturated rings. The number of rotatable bonds is 6. The van der Waals surface area contributed by atoms with Crippen LogP contribution in [0.15, 0.2) is 30.6 Å². The van der Waals surface area contributed by atoms with Gasteiger partial charge in [0, 0.05) is 30.5 Å². The van der Waals surface area contributed by atoms with Crippen LogP contribution in [-0.2, 0) is 0 Å². The van der Waals surface area contributed by atoms with Crippen molar-refractivity contribution >= 4 is 17.1 Å². The molecular formula is C17H24FN5O2. The molecule has 2 aromatic rings. The van der Waals surface area contributed by atoms with Gasteiger partial charge >= 0.3 is 5.69 Å². The molecule has 0 unspecified atom stereocenters. The Hall–Kier alpha value is -2.74. The lowest BCUT2D eigenvalue weighted by atomic mass is 10.0. The minimum atomic E-state index is -0.610. The van der Waals surface area contributed by atoms with E-state index in [4.69, 9.17) is 5.73 Å². The second-order valence-electron chi connectivity index (χ2n) is 5.34. The van der Waals surface area contributed by atoms with Gasteiger partial charge in [0.15, 0.2) is 0 Å². The molecule has 0 atom stereocenters. The highest BCUT2D eigenvalue weighted by Gasteiger charge is 2.17. The van der Waals surface area contributed by atoms with Gasteiger partial charge in [0.25, 0.3) is 0 Å². The van der Waals surface area contributed by atoms with Gasteiger partial charge in [-0.15, -0.1) is 0 Å². The van der Waals surface area contributed by atoms with Crippen molar-refractivity contribution in [3.63, 3.8) is 0 Å². The molecule has 136 valence electrons. The van der Waals surface area contributed by atoms with Crippen LogP contribution in [0.5, 0.6) is 0 Å². The molecule has 1 aromatic heterocycles. The summed E-state index contributed by atoms with van der Waals surface area (Å²) in [6.07, 6.45) is 2.47. The molecule has 2 rings (SSSR count). The molecule has 0 aliphatic heterocycles. The Morgan fingerprint density at radius 3 is 2.56 bits per heavy atom. The zero-order chi connectivity index (χ0) is 19.0. The number of nitrogen functional groups attached to an aromatic ring is 1. The van der Waals surface area contributed by atoms with E-state index in [1.165, 1.54) is 18.3 Å². The summed E-state index contributed by atoms with van der Waals surface area (Å²) in [4.78, 5) is 16.1. The van der Waals surface area contributed by atoms with E-state index in [-0.39, 0.29) is 11.4 Å². The monoisotopic (exact) mass is 349 g/mol. The maximum Gasteiger partial charge on any atom is 0.310 e. The number of pyridine rings is 1. The largest absolute Gasteiger partial charge is 0.393 e. The predicted molar refractivity (Wildman–Crippen MR) is 99.1 cm³/mol. The fourth-order valence-electron chi connectivity index (χ4n) is 2.11. The van der Waals surface area contributed by atoms with Crippen molar-refractivity contribution in [1.82, 2.24) is 9.88 Å². The van der Waals surface area contributed by atoms with Gasteiger partial charge in [-0.05, 0) is 37.9 Å². The number of hydrogen-bond donors (Lipinski definition) is 2. The van der Waals surface area contributed by atoms with E-state index >= 15 is 0 Å². The summed E-state index contributed by atoms with van der Waals surface area (Å²) in [5.74, 6) is -0.458. The van der Waals surface area contributed by atoms with Crippen LogP contribution in [0.3, 0.4) is 0 Å². The van der Waals surface area contributed by atoms with E-state index in [0.717, 1.165) is 12.7 Å². The average Bonchev–Trinajstić information content (AvgIpc) is 2.55. The fraction of sp³-hybridized carbons (Fsp3) is 0.353. The van der Waals surface area contributed by atoms with Crippen LogP contribution in [0.1, 0.15) is 13.8 Å². The average molecular weight is 349 g/mol. The van der Waals surface area contributed by atoms with Crippen molar-refractivity contribution in [2.45, 2.75) is 13.8 Å². The highest BCUT2D eigenvalue weighted by atomic mass is 19.1. The minimum Gasteiger partial charge on any atom is -0.393 e. The van der Waals surface area contributed by atoms with Gasteiger partial charge in [0.2, 0.25) is 0 Å². The Morgan fingerprint density at radius 2 is 1.96 bits per heavy atom. The number of hydrogen-bond acceptors (Lipinski definition) is 6. The lowest BCUT2D eigenvalue weighted by Gasteiger charge is -2.13. The lowest BCUT2D eigenvalue weighted by molar-refractivity contribution is -0.384. The molecular weight excluding hydrogens is 325 g/mol. The lowest BCUT2D eigenvalue weighted by Crippen LogP contribution is -2.20. The van der Waals surface area contributed by atoms with Crippen molar-refractivity contribution in [3.8, 4) is 11.1 Å². The van der Waals surface area contributed by atoms with Crippen LogP contribution in [0.25, 0.3) is 11.1 Å². The van der Waals surface area contributed by atoms with Crippen LogP contribution >= 0.6 is 0 Å². The summed E-state index contributed by atoms with van der Waals surface area (Å²) in [6.45, 7) is 5.42. The van der Waals surface area contributed by atoms with Crippen LogP contribution in [0, 0.1) is 15.9 Å². The number of aromatic nitrogens is 1. The fourth-order valence-corrected chi connectivity index (χ4v) is 2.11. The Kier molecular flexibility index (Phi) is 7.74. The maximum absolute atomic E-state index is 13.8. The van der Waals surface area contributed by atoms with E-state index in [1.807, 2.05) is 32.8 Å². The predicted octanol–water partition coefficient (Wildman–Crippen LogP) is 3.38. The van der Waals surface area contributed by atoms with Crippen molar-refractivity contribution < 1.29 is 9.31 Å². The second-order valence-corrected chi connectivity index (χ2v) is 5.34. The van der Waals surface area contributed by atoms with Gasteiger partial charge in [0.05, 0.1) is 4.92 Å². The van der Waals surface area contributed by atoms with Gasteiger partial charge < -0.3 is 16.0 Å². The summed E-state index contributed by atoms with van der Waals surface area (Å²) in [5.41, 5.74) is 6.84. The van der Waals surface area contributed by atoms with E-state index in [0.29, 0.717) is 23.4 Å². The number of benzene rings is 1. The Balaban J connectivity index is 0.00000151. The summed E-state index contributed by atoms with van der Waals surface area (Å²) in [6, 6.07) is 4.32. The summed E-state index contributed by atoms with van der Waals surface area (Å²) >= 11 is 0. The van der Waals surface area contributed by atoms with Crippen molar-refractivity contribution in [1.29, 1.82) is 0 Å². The molecule has 0 amide bonds. The number of nitrogens with two attached hydrogens (primary N) is 1. The van der Waals surface area contributed by atoms with Crippen molar-refractivity contribution in [2.75, 3.05) is 38.2 Å². The van der Waals surface area contributed by atoms with E-state index in [9.17, 15) is 14.5 Å². The SMILES string of the molecule is CC.CN(C)CCNc1cc(F)cc(-c2cncc([N+](=O)[O-])c2N)c1. The first-order chi connectivity index (χ1) is 11.9. The number of nitrogens with one attached hydrogen (secondary N) is 1. The van der Waals surface area contributed by atoms with Crippen molar-refractivity contribution in [3.05, 3.63) is 46.5 Å². The molecule has 25 heavy (non-hydrogen) atoms. The first-order valence-corrected chi connectivity index (χ1v) is 7.96. The maximum atomic E-state index is 13.8. The molecule has 7 nitrogen and oxygen atoms in total. The zero-order valence-electron chi connectivity index (χ0n) is 14.9. The van der Waals surface area contributed by atoms with Crippen LogP contribution in [-0.4, -0.2) is 42.0 Å². The number of likely N-dealkylation sites (N-methyl/N-ethyl adjacent to an activating group) is 1. The Morgan fingerprint density at radius 1 is 1.28 bits per heavy atom. The number of halogens is 1. The summed E-state index contributed by atoms with van der Waals surface area (Å²) in [5, 5.41) is 14.0. The van der Waals surface area contributed by atoms with Gasteiger partial charge in [0.1, 0.15) is 17.7 Å². The number of anilines is 2. The first kappa shape index (κ1) is 20.3. The topological polar surface area (TPSA) is 97.3 Å². The van der Waals surface area contributed by atoms with E-state index in [1.54, 1.807) is 6.07 Å². The summed E-state index contributed by atoms with van der Waals surface area (Å²) < 4.78 is 13.8. The number of nitrogens with zero attached hydrogens (tertiary/aromatic N) is 3. The molecule has 1 heterocycles. The van der Waals surface area contributed by atoms with E-state index < -0.39 is 10.7 Å². The van der Waals surface area contributed by atoms with Gasteiger partial charge in [-0.25, -0.2) is 4.39 Å². The normalized spacial score (nSPS) is 10.2. The molecule has 8 heteroatoms. The highest BCUT2D eigenvalue weighted by Crippen LogP contribution is 2.33. The molecule has 1 aromatic carbocycles. The van der Waals surface area contributed by atoms with Crippen LogP contribution < -0.4 is 11.1 Å². The molecule has 0 aliphatic rings. The standard InChI is InChI=1S/C15H18FN5O2.C2H6/c1-20(2)4-3-19-12-6-10(5-11(16)7-12)13-8-18-9-14(15(13)17)21(22)23;1-2/h5-9,19H,3-4H2,1-2H3,(H2,17,18);1-2H3. The quantitative estimate of drug-likeness (QED) is 0.613. The number of nitro groups is 1. The zero-order valence-corrected chi connectivity index (χ0v) is 14.9. The third-order valence-electron chi connectivity index (χ3n) is 3.26. The molecule has 0 radical (unpaired) electrons. The van der Waals surface area contributed by atoms with Gasteiger partial charge in [-0.1, -0.05) is 13.8 Å². The smallest absolute Gasteiger partial charge is 0.310 e. The van der Waals surface area contributed by atoms with Crippen molar-refractivity contribution in [2.24, 2.45) is 0 Å².